The van der Waals surface area contributed by atoms with Crippen molar-refractivity contribution in [3.63, 3.8) is 0 Å². The van der Waals surface area contributed by atoms with Crippen molar-refractivity contribution in [1.29, 1.82) is 0 Å². The molecule has 4 heteroatoms. The van der Waals surface area contributed by atoms with Crippen LogP contribution in [-0.2, 0) is 16.0 Å². The van der Waals surface area contributed by atoms with Gasteiger partial charge >= 0.3 is 0 Å². The summed E-state index contributed by atoms with van der Waals surface area (Å²) in [7, 11) is 0. The maximum absolute atomic E-state index is 11.5. The molecule has 0 heterocycles. The molecule has 2 rings (SSSR count). The fourth-order valence-electron chi connectivity index (χ4n) is 1.85. The number of carbonyl (C=O) groups is 1. The van der Waals surface area contributed by atoms with Gasteiger partial charge in [0.05, 0.1) is 12.1 Å². The van der Waals surface area contributed by atoms with Gasteiger partial charge in [-0.1, -0.05) is 30.3 Å². The van der Waals surface area contributed by atoms with Gasteiger partial charge in [-0.05, 0) is 31.2 Å². The summed E-state index contributed by atoms with van der Waals surface area (Å²) in [6, 6.07) is 10.3. The quantitative estimate of drug-likeness (QED) is 0.693. The minimum absolute atomic E-state index is 0.0169. The van der Waals surface area contributed by atoms with Crippen LogP contribution in [0.2, 0.25) is 0 Å². The lowest BCUT2D eigenvalue weighted by molar-refractivity contribution is -0.123. The van der Waals surface area contributed by atoms with Gasteiger partial charge in [-0.2, -0.15) is 0 Å². The van der Waals surface area contributed by atoms with Crippen LogP contribution in [0.4, 0.5) is 0 Å². The summed E-state index contributed by atoms with van der Waals surface area (Å²) < 4.78 is 5.54. The lowest BCUT2D eigenvalue weighted by atomic mass is 10.2. The second-order valence-electron chi connectivity index (χ2n) is 5.11. The zero-order valence-electron chi connectivity index (χ0n) is 11.2. The van der Waals surface area contributed by atoms with Crippen molar-refractivity contribution in [3.05, 3.63) is 35.9 Å². The molecule has 4 nitrogen and oxygen atoms in total. The van der Waals surface area contributed by atoms with Crippen LogP contribution in [0, 0.1) is 0 Å². The molecule has 0 aromatic heterocycles. The molecule has 104 valence electrons. The highest BCUT2D eigenvalue weighted by molar-refractivity contribution is 5.88. The summed E-state index contributed by atoms with van der Waals surface area (Å²) in [5.74, 6) is -0.0169. The van der Waals surface area contributed by atoms with Crippen LogP contribution in [0.3, 0.4) is 0 Å². The monoisotopic (exact) mass is 262 g/mol. The van der Waals surface area contributed by atoms with E-state index in [0.717, 1.165) is 32.3 Å². The van der Waals surface area contributed by atoms with E-state index < -0.39 is 5.54 Å². The fourth-order valence-corrected chi connectivity index (χ4v) is 1.85. The predicted octanol–water partition coefficient (Wildman–Crippen LogP) is 1.24. The van der Waals surface area contributed by atoms with Gasteiger partial charge in [-0.25, -0.2) is 0 Å². The highest BCUT2D eigenvalue weighted by atomic mass is 16.5. The van der Waals surface area contributed by atoms with Gasteiger partial charge in [0.1, 0.15) is 0 Å². The molecule has 0 unspecified atom stereocenters. The van der Waals surface area contributed by atoms with E-state index in [-0.39, 0.29) is 5.91 Å². The van der Waals surface area contributed by atoms with Crippen LogP contribution in [0.15, 0.2) is 30.3 Å². The first-order valence-electron chi connectivity index (χ1n) is 6.90. The number of nitrogens with one attached hydrogen (secondary N) is 1. The summed E-state index contributed by atoms with van der Waals surface area (Å²) in [6.45, 7) is 2.03. The Bertz CT molecular complexity index is 402. The molecule has 1 aliphatic carbocycles. The third-order valence-electron chi connectivity index (χ3n) is 3.37. The van der Waals surface area contributed by atoms with Crippen LogP contribution in [-0.4, -0.2) is 31.2 Å². The van der Waals surface area contributed by atoms with Crippen molar-refractivity contribution < 1.29 is 9.53 Å². The van der Waals surface area contributed by atoms with Crippen LogP contribution in [0.25, 0.3) is 0 Å². The van der Waals surface area contributed by atoms with Gasteiger partial charge in [0, 0.05) is 13.2 Å². The fraction of sp³-hybridized carbons (Fsp3) is 0.533. The number of ether oxygens (including phenoxy) is 1. The summed E-state index contributed by atoms with van der Waals surface area (Å²) in [4.78, 5) is 11.5. The third kappa shape index (κ3) is 4.65. The molecule has 1 aliphatic rings. The van der Waals surface area contributed by atoms with Crippen LogP contribution < -0.4 is 11.1 Å². The molecule has 0 radical (unpaired) electrons. The first-order chi connectivity index (χ1) is 9.21. The molecule has 1 aromatic carbocycles. The van der Waals surface area contributed by atoms with Gasteiger partial charge in [0.25, 0.3) is 0 Å². The molecular weight excluding hydrogens is 240 g/mol. The lowest BCUT2D eigenvalue weighted by Gasteiger charge is -2.10. The van der Waals surface area contributed by atoms with Gasteiger partial charge in [-0.15, -0.1) is 0 Å². The second kappa shape index (κ2) is 6.68. The van der Waals surface area contributed by atoms with E-state index >= 15 is 0 Å². The standard InChI is InChI=1S/C15H22N2O2/c16-15(8-9-15)14(18)17-10-4-11-19-12-7-13-5-2-1-3-6-13/h1-3,5-6H,4,7-12,16H2,(H,17,18). The second-order valence-corrected chi connectivity index (χ2v) is 5.11. The maximum atomic E-state index is 11.5. The van der Waals surface area contributed by atoms with Crippen molar-refractivity contribution in [2.24, 2.45) is 5.73 Å². The molecule has 19 heavy (non-hydrogen) atoms. The van der Waals surface area contributed by atoms with Gasteiger partial charge in [0.2, 0.25) is 5.91 Å². The average Bonchev–Trinajstić information content (AvgIpc) is 3.18. The largest absolute Gasteiger partial charge is 0.381 e. The van der Waals surface area contributed by atoms with Crippen LogP contribution >= 0.6 is 0 Å². The molecule has 1 amide bonds. The summed E-state index contributed by atoms with van der Waals surface area (Å²) in [5, 5.41) is 2.85. The van der Waals surface area contributed by atoms with E-state index in [1.165, 1.54) is 5.56 Å². The van der Waals surface area contributed by atoms with Crippen molar-refractivity contribution in [2.45, 2.75) is 31.2 Å². The number of amides is 1. The smallest absolute Gasteiger partial charge is 0.240 e. The molecule has 0 atom stereocenters. The zero-order chi connectivity index (χ0) is 13.6. The molecule has 1 fully saturated rings. The Morgan fingerprint density at radius 3 is 2.68 bits per heavy atom. The average molecular weight is 262 g/mol. The Balaban J connectivity index is 1.45. The number of benzene rings is 1. The van der Waals surface area contributed by atoms with Gasteiger partial charge < -0.3 is 15.8 Å². The number of carbonyl (C=O) groups excluding carboxylic acids is 1. The van der Waals surface area contributed by atoms with Crippen molar-refractivity contribution in [2.75, 3.05) is 19.8 Å². The van der Waals surface area contributed by atoms with Gasteiger partial charge in [-0.3, -0.25) is 4.79 Å². The van der Waals surface area contributed by atoms with Crippen molar-refractivity contribution in [1.82, 2.24) is 5.32 Å². The van der Waals surface area contributed by atoms with Crippen molar-refractivity contribution in [3.8, 4) is 0 Å². The van der Waals surface area contributed by atoms with E-state index in [9.17, 15) is 4.79 Å². The molecule has 0 aliphatic heterocycles. The van der Waals surface area contributed by atoms with Crippen LogP contribution in [0.5, 0.6) is 0 Å². The van der Waals surface area contributed by atoms with E-state index in [4.69, 9.17) is 10.5 Å². The first-order valence-corrected chi connectivity index (χ1v) is 6.90. The predicted molar refractivity (Wildman–Crippen MR) is 74.7 cm³/mol. The Kier molecular flexibility index (Phi) is 4.93. The lowest BCUT2D eigenvalue weighted by Crippen LogP contribution is -2.43. The maximum Gasteiger partial charge on any atom is 0.240 e. The molecule has 0 saturated heterocycles. The topological polar surface area (TPSA) is 64.4 Å². The summed E-state index contributed by atoms with van der Waals surface area (Å²) in [6.07, 6.45) is 3.38. The number of rotatable bonds is 8. The number of nitrogens with two attached hydrogens (primary N) is 1. The summed E-state index contributed by atoms with van der Waals surface area (Å²) in [5.41, 5.74) is 6.50. The Morgan fingerprint density at radius 1 is 1.26 bits per heavy atom. The van der Waals surface area contributed by atoms with E-state index in [0.29, 0.717) is 13.2 Å². The molecule has 1 saturated carbocycles. The minimum Gasteiger partial charge on any atom is -0.381 e. The van der Waals surface area contributed by atoms with E-state index in [1.807, 2.05) is 18.2 Å². The molecule has 0 bridgehead atoms. The third-order valence-corrected chi connectivity index (χ3v) is 3.37. The molecule has 0 spiro atoms. The Morgan fingerprint density at radius 2 is 2.00 bits per heavy atom. The van der Waals surface area contributed by atoms with Crippen LogP contribution in [0.1, 0.15) is 24.8 Å². The first kappa shape index (κ1) is 14.0. The van der Waals surface area contributed by atoms with Gasteiger partial charge in [0.15, 0.2) is 0 Å². The number of hydrogen-bond donors (Lipinski definition) is 2. The van der Waals surface area contributed by atoms with E-state index in [2.05, 4.69) is 17.4 Å². The minimum atomic E-state index is -0.561. The zero-order valence-corrected chi connectivity index (χ0v) is 11.2. The normalized spacial score (nSPS) is 16.1. The Hall–Kier alpha value is -1.39. The SMILES string of the molecule is NC1(C(=O)NCCCOCCc2ccccc2)CC1. The van der Waals surface area contributed by atoms with Crippen molar-refractivity contribution >= 4 is 5.91 Å². The van der Waals surface area contributed by atoms with E-state index in [1.54, 1.807) is 0 Å². The molecular formula is C15H22N2O2. The number of hydrogen-bond acceptors (Lipinski definition) is 3. The molecule has 3 N–H and O–H groups in total. The Labute approximate surface area is 114 Å². The molecule has 1 aromatic rings. The highest BCUT2D eigenvalue weighted by Crippen LogP contribution is 2.31. The highest BCUT2D eigenvalue weighted by Gasteiger charge is 2.45. The summed E-state index contributed by atoms with van der Waals surface area (Å²) >= 11 is 0.